The Bertz CT molecular complexity index is 336. The molecule has 1 aromatic carbocycles. The fraction of sp³-hybridized carbons (Fsp3) is 0.417. The van der Waals surface area contributed by atoms with E-state index in [0.717, 1.165) is 0 Å². The van der Waals surface area contributed by atoms with Crippen LogP contribution in [0.2, 0.25) is 0 Å². The third kappa shape index (κ3) is 3.72. The Morgan fingerprint density at radius 1 is 1.47 bits per heavy atom. The lowest BCUT2D eigenvalue weighted by molar-refractivity contribution is -0.117. The molecule has 0 heterocycles. The molecular weight excluding hydrogens is 188 g/mol. The summed E-state index contributed by atoms with van der Waals surface area (Å²) in [6, 6.07) is 8.48. The van der Waals surface area contributed by atoms with Gasteiger partial charge in [0.1, 0.15) is 0 Å². The van der Waals surface area contributed by atoms with Gasteiger partial charge in [0.25, 0.3) is 0 Å². The van der Waals surface area contributed by atoms with Gasteiger partial charge in [-0.25, -0.2) is 0 Å². The molecule has 0 aliphatic rings. The van der Waals surface area contributed by atoms with Crippen molar-refractivity contribution in [2.75, 3.05) is 6.54 Å². The molecule has 0 fully saturated rings. The average molecular weight is 206 g/mol. The van der Waals surface area contributed by atoms with E-state index in [1.54, 1.807) is 0 Å². The third-order valence-corrected chi connectivity index (χ3v) is 2.48. The van der Waals surface area contributed by atoms with Crippen molar-refractivity contribution in [1.82, 2.24) is 5.32 Å². The number of nitrogens with one attached hydrogen (secondary N) is 1. The highest BCUT2D eigenvalue weighted by Gasteiger charge is 2.06. The van der Waals surface area contributed by atoms with Crippen molar-refractivity contribution in [2.24, 2.45) is 5.73 Å². The van der Waals surface area contributed by atoms with Gasteiger partial charge in [-0.05, 0) is 25.0 Å². The Labute approximate surface area is 90.7 Å². The van der Waals surface area contributed by atoms with E-state index >= 15 is 0 Å². The van der Waals surface area contributed by atoms with Crippen LogP contribution >= 0.6 is 0 Å². The van der Waals surface area contributed by atoms with Gasteiger partial charge in [-0.15, -0.1) is 0 Å². The molecule has 1 rings (SSSR count). The maximum Gasteiger partial charge on any atom is 0.218 e. The van der Waals surface area contributed by atoms with E-state index in [-0.39, 0.29) is 11.9 Å². The van der Waals surface area contributed by atoms with E-state index in [4.69, 9.17) is 5.73 Å². The zero-order valence-corrected chi connectivity index (χ0v) is 9.29. The summed E-state index contributed by atoms with van der Waals surface area (Å²) in [5.41, 5.74) is 7.59. The Morgan fingerprint density at radius 3 is 2.73 bits per heavy atom. The normalized spacial score (nSPS) is 12.4. The predicted molar refractivity (Wildman–Crippen MR) is 61.4 cm³/mol. The van der Waals surface area contributed by atoms with E-state index < -0.39 is 0 Å². The van der Waals surface area contributed by atoms with Crippen LogP contribution in [0.4, 0.5) is 0 Å². The fourth-order valence-electron chi connectivity index (χ4n) is 1.59. The number of hydrogen-bond acceptors (Lipinski definition) is 2. The average Bonchev–Trinajstić information content (AvgIpc) is 2.17. The van der Waals surface area contributed by atoms with Gasteiger partial charge in [-0.3, -0.25) is 4.79 Å². The van der Waals surface area contributed by atoms with Crippen molar-refractivity contribution in [1.29, 1.82) is 0 Å². The molecule has 3 heteroatoms. The largest absolute Gasteiger partial charge is 0.370 e. The summed E-state index contributed by atoms with van der Waals surface area (Å²) >= 11 is 0. The molecule has 0 bridgehead atoms. The lowest BCUT2D eigenvalue weighted by Crippen LogP contribution is -2.24. The minimum absolute atomic E-state index is 0.255. The molecule has 1 amide bonds. The highest BCUT2D eigenvalue weighted by Crippen LogP contribution is 2.16. The molecule has 3 N–H and O–H groups in total. The molecule has 0 aliphatic carbocycles. The molecule has 0 aromatic heterocycles. The Balaban J connectivity index is 2.50. The number of aryl methyl sites for hydroxylation is 1. The first kappa shape index (κ1) is 11.7. The van der Waals surface area contributed by atoms with Crippen molar-refractivity contribution < 1.29 is 4.79 Å². The number of rotatable bonds is 5. The van der Waals surface area contributed by atoms with Gasteiger partial charge in [0.15, 0.2) is 0 Å². The quantitative estimate of drug-likeness (QED) is 0.767. The maximum absolute atomic E-state index is 10.6. The minimum atomic E-state index is -0.264. The molecule has 0 spiro atoms. The van der Waals surface area contributed by atoms with E-state index in [2.05, 4.69) is 31.3 Å². The summed E-state index contributed by atoms with van der Waals surface area (Å²) in [4.78, 5) is 10.6. The molecule has 0 radical (unpaired) electrons. The lowest BCUT2D eigenvalue weighted by atomic mass is 10.0. The summed E-state index contributed by atoms with van der Waals surface area (Å²) in [6.07, 6.45) is 0.385. The second-order valence-electron chi connectivity index (χ2n) is 3.75. The third-order valence-electron chi connectivity index (χ3n) is 2.48. The van der Waals surface area contributed by atoms with Crippen LogP contribution in [0, 0.1) is 6.92 Å². The summed E-state index contributed by atoms with van der Waals surface area (Å²) in [6.45, 7) is 4.80. The molecule has 1 atom stereocenters. The number of nitrogens with two attached hydrogens (primary N) is 1. The van der Waals surface area contributed by atoms with Crippen LogP contribution in [0.3, 0.4) is 0 Å². The molecule has 3 nitrogen and oxygen atoms in total. The number of carbonyl (C=O) groups is 1. The van der Waals surface area contributed by atoms with Gasteiger partial charge in [0, 0.05) is 19.0 Å². The summed E-state index contributed by atoms with van der Waals surface area (Å²) in [5, 5.41) is 3.27. The zero-order valence-electron chi connectivity index (χ0n) is 9.29. The number of carbonyl (C=O) groups excluding carboxylic acids is 1. The topological polar surface area (TPSA) is 55.1 Å². The Hall–Kier alpha value is -1.35. The van der Waals surface area contributed by atoms with Crippen LogP contribution < -0.4 is 11.1 Å². The zero-order chi connectivity index (χ0) is 11.3. The van der Waals surface area contributed by atoms with Crippen molar-refractivity contribution in [3.8, 4) is 0 Å². The minimum Gasteiger partial charge on any atom is -0.370 e. The van der Waals surface area contributed by atoms with Crippen molar-refractivity contribution >= 4 is 5.91 Å². The van der Waals surface area contributed by atoms with E-state index in [1.807, 2.05) is 12.1 Å². The van der Waals surface area contributed by atoms with Crippen molar-refractivity contribution in [3.63, 3.8) is 0 Å². The van der Waals surface area contributed by atoms with Gasteiger partial charge in [0.2, 0.25) is 5.91 Å². The van der Waals surface area contributed by atoms with E-state index in [0.29, 0.717) is 13.0 Å². The van der Waals surface area contributed by atoms with Crippen LogP contribution in [-0.2, 0) is 4.79 Å². The standard InChI is InChI=1S/C12H18N2O/c1-9-5-3-4-6-11(9)10(2)14-8-7-12(13)15/h3-6,10,14H,7-8H2,1-2H3,(H2,13,15)/t10-/m1/s1. The van der Waals surface area contributed by atoms with Crippen LogP contribution in [0.5, 0.6) is 0 Å². The Morgan fingerprint density at radius 2 is 2.13 bits per heavy atom. The number of benzene rings is 1. The highest BCUT2D eigenvalue weighted by molar-refractivity contribution is 5.73. The molecule has 15 heavy (non-hydrogen) atoms. The molecule has 0 unspecified atom stereocenters. The SMILES string of the molecule is Cc1ccccc1[C@@H](C)NCCC(N)=O. The van der Waals surface area contributed by atoms with Gasteiger partial charge < -0.3 is 11.1 Å². The second kappa shape index (κ2) is 5.51. The van der Waals surface area contributed by atoms with E-state index in [9.17, 15) is 4.79 Å². The molecule has 0 saturated heterocycles. The van der Waals surface area contributed by atoms with Crippen LogP contribution in [0.15, 0.2) is 24.3 Å². The maximum atomic E-state index is 10.6. The Kier molecular flexibility index (Phi) is 4.31. The fourth-order valence-corrected chi connectivity index (χ4v) is 1.59. The lowest BCUT2D eigenvalue weighted by Gasteiger charge is -2.15. The molecule has 0 saturated carbocycles. The highest BCUT2D eigenvalue weighted by atomic mass is 16.1. The first-order valence-corrected chi connectivity index (χ1v) is 5.18. The molecule has 1 aromatic rings. The first-order valence-electron chi connectivity index (χ1n) is 5.18. The first-order chi connectivity index (χ1) is 7.11. The summed E-state index contributed by atoms with van der Waals surface area (Å²) in [7, 11) is 0. The number of hydrogen-bond donors (Lipinski definition) is 2. The second-order valence-corrected chi connectivity index (χ2v) is 3.75. The van der Waals surface area contributed by atoms with Crippen LogP contribution in [0.25, 0.3) is 0 Å². The number of primary amides is 1. The van der Waals surface area contributed by atoms with Crippen molar-refractivity contribution in [2.45, 2.75) is 26.3 Å². The van der Waals surface area contributed by atoms with Crippen LogP contribution in [0.1, 0.15) is 30.5 Å². The molecule has 82 valence electrons. The van der Waals surface area contributed by atoms with Crippen molar-refractivity contribution in [3.05, 3.63) is 35.4 Å². The predicted octanol–water partition coefficient (Wildman–Crippen LogP) is 1.52. The summed E-state index contributed by atoms with van der Waals surface area (Å²) in [5.74, 6) is -0.264. The monoisotopic (exact) mass is 206 g/mol. The van der Waals surface area contributed by atoms with Gasteiger partial charge in [-0.2, -0.15) is 0 Å². The summed E-state index contributed by atoms with van der Waals surface area (Å²) < 4.78 is 0. The van der Waals surface area contributed by atoms with Crippen LogP contribution in [-0.4, -0.2) is 12.5 Å². The molecule has 0 aliphatic heterocycles. The molecular formula is C12H18N2O. The van der Waals surface area contributed by atoms with Gasteiger partial charge in [-0.1, -0.05) is 24.3 Å². The van der Waals surface area contributed by atoms with Gasteiger partial charge >= 0.3 is 0 Å². The van der Waals surface area contributed by atoms with Gasteiger partial charge in [0.05, 0.1) is 0 Å². The van der Waals surface area contributed by atoms with E-state index in [1.165, 1.54) is 11.1 Å². The number of amides is 1. The smallest absolute Gasteiger partial charge is 0.218 e.